The molecule has 0 saturated carbocycles. The Bertz CT molecular complexity index is 818. The van der Waals surface area contributed by atoms with E-state index in [-0.39, 0.29) is 12.0 Å². The minimum atomic E-state index is -0.309. The van der Waals surface area contributed by atoms with Crippen molar-refractivity contribution in [2.45, 2.75) is 70.6 Å². The summed E-state index contributed by atoms with van der Waals surface area (Å²) in [7, 11) is 0. The van der Waals surface area contributed by atoms with E-state index < -0.39 is 0 Å². The van der Waals surface area contributed by atoms with E-state index in [1.807, 2.05) is 12.1 Å². The number of hydrogen-bond acceptors (Lipinski definition) is 3. The van der Waals surface area contributed by atoms with Gasteiger partial charge in [0.15, 0.2) is 0 Å². The Morgan fingerprint density at radius 2 is 1.41 bits per heavy atom. The first-order valence-electron chi connectivity index (χ1n) is 12.3. The number of ether oxygens (including phenoxy) is 1. The molecule has 4 heteroatoms. The van der Waals surface area contributed by atoms with Crippen molar-refractivity contribution in [3.05, 3.63) is 59.7 Å². The maximum Gasteiger partial charge on any atom is 0.409 e. The van der Waals surface area contributed by atoms with Gasteiger partial charge in [-0.15, -0.1) is 0 Å². The second kappa shape index (κ2) is 13.0. The summed E-state index contributed by atoms with van der Waals surface area (Å²) in [4.78, 5) is 25.5. The molecule has 3 rings (SSSR count). The van der Waals surface area contributed by atoms with Crippen LogP contribution in [-0.2, 0) is 9.53 Å². The highest BCUT2D eigenvalue weighted by molar-refractivity contribution is 5.79. The third-order valence-corrected chi connectivity index (χ3v) is 6.39. The number of benzene rings is 2. The van der Waals surface area contributed by atoms with Crippen LogP contribution in [-0.4, -0.2) is 37.0 Å². The SMILES string of the molecule is CCCCCCCCCCN(CCC=O)C(=O)OCC1c2ccccc2-c2ccccc21. The summed E-state index contributed by atoms with van der Waals surface area (Å²) >= 11 is 0. The van der Waals surface area contributed by atoms with Crippen LogP contribution < -0.4 is 0 Å². The predicted octanol–water partition coefficient (Wildman–Crippen LogP) is 6.97. The van der Waals surface area contributed by atoms with Crippen molar-refractivity contribution >= 4 is 12.4 Å². The summed E-state index contributed by atoms with van der Waals surface area (Å²) in [6.07, 6.45) is 10.7. The van der Waals surface area contributed by atoms with Gasteiger partial charge in [-0.1, -0.05) is 100 Å². The minimum absolute atomic E-state index is 0.0578. The number of carbonyl (C=O) groups excluding carboxylic acids is 2. The Balaban J connectivity index is 1.51. The van der Waals surface area contributed by atoms with Gasteiger partial charge in [-0.3, -0.25) is 0 Å². The van der Waals surface area contributed by atoms with Crippen molar-refractivity contribution in [2.75, 3.05) is 19.7 Å². The molecule has 4 nitrogen and oxygen atoms in total. The highest BCUT2D eigenvalue weighted by Crippen LogP contribution is 2.44. The molecule has 2 aromatic rings. The molecule has 0 bridgehead atoms. The number of aldehydes is 1. The second-order valence-corrected chi connectivity index (χ2v) is 8.72. The van der Waals surface area contributed by atoms with E-state index in [0.29, 0.717) is 26.1 Å². The van der Waals surface area contributed by atoms with Crippen molar-refractivity contribution < 1.29 is 14.3 Å². The van der Waals surface area contributed by atoms with E-state index in [4.69, 9.17) is 4.74 Å². The number of fused-ring (bicyclic) bond motifs is 3. The van der Waals surface area contributed by atoms with Crippen LogP contribution in [0.15, 0.2) is 48.5 Å². The van der Waals surface area contributed by atoms with Gasteiger partial charge in [0.2, 0.25) is 0 Å². The Morgan fingerprint density at radius 3 is 2.00 bits per heavy atom. The first-order chi connectivity index (χ1) is 15.8. The van der Waals surface area contributed by atoms with E-state index >= 15 is 0 Å². The van der Waals surface area contributed by atoms with Crippen LogP contribution in [0, 0.1) is 0 Å². The van der Waals surface area contributed by atoms with E-state index in [9.17, 15) is 9.59 Å². The first-order valence-corrected chi connectivity index (χ1v) is 12.3. The highest BCUT2D eigenvalue weighted by atomic mass is 16.6. The molecule has 172 valence electrons. The Hall–Kier alpha value is -2.62. The average molecular weight is 436 g/mol. The van der Waals surface area contributed by atoms with Gasteiger partial charge in [-0.25, -0.2) is 4.79 Å². The smallest absolute Gasteiger partial charge is 0.409 e. The molecular weight excluding hydrogens is 398 g/mol. The zero-order valence-corrected chi connectivity index (χ0v) is 19.4. The van der Waals surface area contributed by atoms with Crippen molar-refractivity contribution in [3.8, 4) is 11.1 Å². The average Bonchev–Trinajstić information content (AvgIpc) is 3.15. The fourth-order valence-corrected chi connectivity index (χ4v) is 4.62. The van der Waals surface area contributed by atoms with Crippen LogP contribution in [0.4, 0.5) is 4.79 Å². The zero-order valence-electron chi connectivity index (χ0n) is 19.4. The van der Waals surface area contributed by atoms with Gasteiger partial charge in [0, 0.05) is 25.4 Å². The maximum atomic E-state index is 12.9. The van der Waals surface area contributed by atoms with E-state index in [1.54, 1.807) is 4.90 Å². The largest absolute Gasteiger partial charge is 0.448 e. The van der Waals surface area contributed by atoms with Gasteiger partial charge < -0.3 is 14.4 Å². The van der Waals surface area contributed by atoms with Gasteiger partial charge in [0.25, 0.3) is 0 Å². The molecule has 2 aromatic carbocycles. The molecule has 0 heterocycles. The number of hydrogen-bond donors (Lipinski definition) is 0. The normalized spacial score (nSPS) is 12.3. The highest BCUT2D eigenvalue weighted by Gasteiger charge is 2.29. The summed E-state index contributed by atoms with van der Waals surface area (Å²) < 4.78 is 5.79. The van der Waals surface area contributed by atoms with Crippen molar-refractivity contribution in [1.29, 1.82) is 0 Å². The van der Waals surface area contributed by atoms with Crippen LogP contribution in [0.2, 0.25) is 0 Å². The molecule has 0 spiro atoms. The molecule has 0 fully saturated rings. The molecule has 1 aliphatic rings. The summed E-state index contributed by atoms with van der Waals surface area (Å²) in [5.74, 6) is 0.0578. The van der Waals surface area contributed by atoms with Gasteiger partial charge in [0.1, 0.15) is 12.9 Å². The Morgan fingerprint density at radius 1 is 0.844 bits per heavy atom. The number of amides is 1. The Labute approximate surface area is 193 Å². The number of rotatable bonds is 14. The van der Waals surface area contributed by atoms with Crippen LogP contribution in [0.1, 0.15) is 81.8 Å². The van der Waals surface area contributed by atoms with Crippen molar-refractivity contribution in [1.82, 2.24) is 4.90 Å². The third-order valence-electron chi connectivity index (χ3n) is 6.39. The standard InChI is InChI=1S/C28H37NO3/c1-2-3-4-5-6-7-8-13-19-29(20-14-21-30)28(31)32-22-27-25-17-11-9-15-23(25)24-16-10-12-18-26(24)27/h9-12,15-18,21,27H,2-8,13-14,19-20,22H2,1H3. The minimum Gasteiger partial charge on any atom is -0.448 e. The molecule has 0 unspecified atom stereocenters. The Kier molecular flexibility index (Phi) is 9.80. The third kappa shape index (κ3) is 6.44. The molecule has 1 amide bonds. The first kappa shape index (κ1) is 24.0. The van der Waals surface area contributed by atoms with Crippen LogP contribution in [0.5, 0.6) is 0 Å². The number of carbonyl (C=O) groups is 2. The van der Waals surface area contributed by atoms with E-state index in [1.165, 1.54) is 60.8 Å². The number of unbranched alkanes of at least 4 members (excludes halogenated alkanes) is 7. The lowest BCUT2D eigenvalue weighted by Crippen LogP contribution is -2.34. The van der Waals surface area contributed by atoms with Gasteiger partial charge in [-0.2, -0.15) is 0 Å². The topological polar surface area (TPSA) is 46.6 Å². The van der Waals surface area contributed by atoms with Crippen LogP contribution in [0.3, 0.4) is 0 Å². The van der Waals surface area contributed by atoms with Gasteiger partial charge in [-0.05, 0) is 28.7 Å². The molecule has 0 aromatic heterocycles. The summed E-state index contributed by atoms with van der Waals surface area (Å²) in [5, 5.41) is 0. The summed E-state index contributed by atoms with van der Waals surface area (Å²) in [6, 6.07) is 16.7. The lowest BCUT2D eigenvalue weighted by molar-refractivity contribution is -0.108. The molecule has 32 heavy (non-hydrogen) atoms. The lowest BCUT2D eigenvalue weighted by Gasteiger charge is -2.23. The van der Waals surface area contributed by atoms with Crippen LogP contribution in [0.25, 0.3) is 11.1 Å². The molecular formula is C28H37NO3. The molecule has 0 atom stereocenters. The maximum absolute atomic E-state index is 12.9. The van der Waals surface area contributed by atoms with Crippen molar-refractivity contribution in [3.63, 3.8) is 0 Å². The monoisotopic (exact) mass is 435 g/mol. The zero-order chi connectivity index (χ0) is 22.6. The lowest BCUT2D eigenvalue weighted by atomic mass is 9.98. The molecule has 0 radical (unpaired) electrons. The van der Waals surface area contributed by atoms with Gasteiger partial charge >= 0.3 is 6.09 Å². The quantitative estimate of drug-likeness (QED) is 0.238. The molecule has 0 saturated heterocycles. The van der Waals surface area contributed by atoms with Crippen LogP contribution >= 0.6 is 0 Å². The predicted molar refractivity (Wildman–Crippen MR) is 130 cm³/mol. The summed E-state index contributed by atoms with van der Waals surface area (Å²) in [5.41, 5.74) is 4.87. The number of nitrogens with zero attached hydrogens (tertiary/aromatic N) is 1. The molecule has 0 N–H and O–H groups in total. The molecule has 0 aliphatic heterocycles. The summed E-state index contributed by atoms with van der Waals surface area (Å²) in [6.45, 7) is 3.63. The van der Waals surface area contributed by atoms with Gasteiger partial charge in [0.05, 0.1) is 0 Å². The molecule has 1 aliphatic carbocycles. The van der Waals surface area contributed by atoms with Crippen molar-refractivity contribution in [2.24, 2.45) is 0 Å². The second-order valence-electron chi connectivity index (χ2n) is 8.72. The van der Waals surface area contributed by atoms with E-state index in [2.05, 4.69) is 43.3 Å². The fourth-order valence-electron chi connectivity index (χ4n) is 4.62. The fraction of sp³-hybridized carbons (Fsp3) is 0.500. The van der Waals surface area contributed by atoms with E-state index in [0.717, 1.165) is 19.1 Å².